The zero-order chi connectivity index (χ0) is 32.4. The molecule has 0 saturated heterocycles. The van der Waals surface area contributed by atoms with Crippen LogP contribution in [-0.4, -0.2) is 37.3 Å². The van der Waals surface area contributed by atoms with Crippen LogP contribution in [0.3, 0.4) is 0 Å². The van der Waals surface area contributed by atoms with E-state index in [2.05, 4.69) is 4.99 Å². The fourth-order valence-electron chi connectivity index (χ4n) is 5.48. The maximum Gasteiger partial charge on any atom is 0.343 e. The number of thiazole rings is 1. The van der Waals surface area contributed by atoms with Crippen LogP contribution < -0.4 is 29.1 Å². The number of fused-ring (bicyclic) bond motifs is 2. The van der Waals surface area contributed by atoms with Crippen LogP contribution >= 0.6 is 11.3 Å². The van der Waals surface area contributed by atoms with Gasteiger partial charge >= 0.3 is 11.9 Å². The first kappa shape index (κ1) is 30.5. The van der Waals surface area contributed by atoms with Crippen molar-refractivity contribution in [2.75, 3.05) is 20.8 Å². The lowest BCUT2D eigenvalue weighted by molar-refractivity contribution is -0.139. The molecule has 0 radical (unpaired) electrons. The Morgan fingerprint density at radius 3 is 2.30 bits per heavy atom. The summed E-state index contributed by atoms with van der Waals surface area (Å²) in [5, 5.41) is 1.78. The van der Waals surface area contributed by atoms with E-state index in [0.29, 0.717) is 43.4 Å². The molecule has 0 unspecified atom stereocenters. The normalized spacial score (nSPS) is 14.4. The zero-order valence-electron chi connectivity index (χ0n) is 25.6. The van der Waals surface area contributed by atoms with Gasteiger partial charge in [0.05, 0.1) is 42.2 Å². The second kappa shape index (κ2) is 12.9. The maximum absolute atomic E-state index is 14.2. The Morgan fingerprint density at radius 1 is 0.891 bits per heavy atom. The lowest BCUT2D eigenvalue weighted by atomic mass is 9.90. The fourth-order valence-corrected chi connectivity index (χ4v) is 6.52. The Kier molecular flexibility index (Phi) is 8.54. The average Bonchev–Trinajstić information content (AvgIpc) is 3.38. The summed E-state index contributed by atoms with van der Waals surface area (Å²) in [6, 6.07) is 24.2. The molecule has 9 nitrogen and oxygen atoms in total. The lowest BCUT2D eigenvalue weighted by Gasteiger charge is -2.27. The number of nitrogens with zero attached hydrogens (tertiary/aromatic N) is 2. The molecule has 0 aliphatic carbocycles. The number of methoxy groups -OCH3 is 2. The van der Waals surface area contributed by atoms with Crippen LogP contribution in [0.15, 0.2) is 106 Å². The van der Waals surface area contributed by atoms with Crippen LogP contribution in [0.1, 0.15) is 41.4 Å². The van der Waals surface area contributed by atoms with Crippen LogP contribution in [-0.2, 0) is 9.53 Å². The summed E-state index contributed by atoms with van der Waals surface area (Å²) in [6.07, 6.45) is 1.75. The maximum atomic E-state index is 14.2. The van der Waals surface area contributed by atoms with Gasteiger partial charge in [-0.3, -0.25) is 9.36 Å². The number of carbonyl (C=O) groups is 2. The molecule has 46 heavy (non-hydrogen) atoms. The van der Waals surface area contributed by atoms with Crippen molar-refractivity contribution in [3.63, 3.8) is 0 Å². The van der Waals surface area contributed by atoms with Crippen molar-refractivity contribution in [2.45, 2.75) is 19.9 Å². The number of benzene rings is 4. The first-order valence-corrected chi connectivity index (χ1v) is 15.4. The van der Waals surface area contributed by atoms with Crippen LogP contribution in [0.2, 0.25) is 0 Å². The van der Waals surface area contributed by atoms with E-state index in [1.165, 1.54) is 11.3 Å². The average molecular weight is 635 g/mol. The van der Waals surface area contributed by atoms with Crippen molar-refractivity contribution in [1.82, 2.24) is 4.57 Å². The fraction of sp³-hybridized carbons (Fsp3) is 0.167. The van der Waals surface area contributed by atoms with Gasteiger partial charge in [-0.25, -0.2) is 14.6 Å². The Balaban J connectivity index is 1.42. The second-order valence-electron chi connectivity index (χ2n) is 10.4. The van der Waals surface area contributed by atoms with Gasteiger partial charge in [0.1, 0.15) is 23.3 Å². The lowest BCUT2D eigenvalue weighted by Crippen LogP contribution is -2.40. The van der Waals surface area contributed by atoms with Crippen molar-refractivity contribution in [3.05, 3.63) is 133 Å². The van der Waals surface area contributed by atoms with E-state index < -0.39 is 18.0 Å². The predicted octanol–water partition coefficient (Wildman–Crippen LogP) is 5.19. The second-order valence-corrected chi connectivity index (χ2v) is 11.4. The quantitative estimate of drug-likeness (QED) is 0.171. The number of allylic oxidation sites excluding steroid dienone is 1. The monoisotopic (exact) mass is 634 g/mol. The minimum absolute atomic E-state index is 0.171. The Morgan fingerprint density at radius 2 is 1.61 bits per heavy atom. The summed E-state index contributed by atoms with van der Waals surface area (Å²) in [4.78, 5) is 45.3. The summed E-state index contributed by atoms with van der Waals surface area (Å²) in [5.74, 6) is 0.492. The number of aromatic nitrogens is 1. The highest BCUT2D eigenvalue weighted by Gasteiger charge is 2.36. The Labute approximate surface area is 268 Å². The van der Waals surface area contributed by atoms with Crippen LogP contribution in [0.5, 0.6) is 17.2 Å². The number of carbonyl (C=O) groups excluding carboxylic acids is 2. The zero-order valence-corrected chi connectivity index (χ0v) is 26.4. The van der Waals surface area contributed by atoms with Crippen molar-refractivity contribution in [2.24, 2.45) is 4.99 Å². The SMILES string of the molecule is CCOC(=O)C1=C(C)N=c2s/c(=C\c3ccc(OC(=O)c4ccc(OC)cc4)cc3)c(=O)n2[C@@H]1c1c(OC)ccc2ccccc12. The van der Waals surface area contributed by atoms with Gasteiger partial charge in [-0.05, 0) is 78.7 Å². The van der Waals surface area contributed by atoms with Gasteiger partial charge < -0.3 is 18.9 Å². The van der Waals surface area contributed by atoms with Gasteiger partial charge in [0.2, 0.25) is 0 Å². The Hall–Kier alpha value is -5.48. The standard InChI is InChI=1S/C36H30N2O7S/c1-5-44-35(41)30-21(2)37-36-38(32(30)31-27-9-7-6-8-23(27)14-19-28(31)43-4)33(39)29(46-36)20-22-10-15-26(16-11-22)45-34(40)24-12-17-25(42-3)18-13-24/h6-20,32H,5H2,1-4H3/b29-20-/t32-/m0/s1. The van der Waals surface area contributed by atoms with Crippen molar-refractivity contribution in [1.29, 1.82) is 0 Å². The van der Waals surface area contributed by atoms with E-state index >= 15 is 0 Å². The third-order valence-electron chi connectivity index (χ3n) is 7.66. The molecule has 1 aliphatic heterocycles. The summed E-state index contributed by atoms with van der Waals surface area (Å²) in [6.45, 7) is 3.66. The number of rotatable bonds is 8. The van der Waals surface area contributed by atoms with E-state index in [9.17, 15) is 14.4 Å². The van der Waals surface area contributed by atoms with Gasteiger partial charge in [-0.15, -0.1) is 0 Å². The molecule has 0 bridgehead atoms. The molecular formula is C36H30N2O7S. The van der Waals surface area contributed by atoms with Crippen molar-refractivity contribution in [3.8, 4) is 17.2 Å². The first-order chi connectivity index (χ1) is 22.3. The highest BCUT2D eigenvalue weighted by atomic mass is 32.1. The summed E-state index contributed by atoms with van der Waals surface area (Å²) in [7, 11) is 3.12. The van der Waals surface area contributed by atoms with Crippen LogP contribution in [0, 0.1) is 0 Å². The molecular weight excluding hydrogens is 604 g/mol. The predicted molar refractivity (Wildman–Crippen MR) is 175 cm³/mol. The topological polar surface area (TPSA) is 105 Å². The van der Waals surface area contributed by atoms with E-state index in [-0.39, 0.29) is 17.7 Å². The smallest absolute Gasteiger partial charge is 0.343 e. The van der Waals surface area contributed by atoms with Gasteiger partial charge in [-0.1, -0.05) is 53.8 Å². The molecule has 5 aromatic rings. The van der Waals surface area contributed by atoms with Gasteiger partial charge in [0.25, 0.3) is 5.56 Å². The molecule has 10 heteroatoms. The molecule has 232 valence electrons. The molecule has 0 saturated carbocycles. The van der Waals surface area contributed by atoms with Gasteiger partial charge in [-0.2, -0.15) is 0 Å². The van der Waals surface area contributed by atoms with E-state index in [1.807, 2.05) is 36.4 Å². The molecule has 1 atom stereocenters. The van der Waals surface area contributed by atoms with Crippen LogP contribution in [0.4, 0.5) is 0 Å². The number of ether oxygens (including phenoxy) is 4. The van der Waals surface area contributed by atoms with Gasteiger partial charge in [0, 0.05) is 5.56 Å². The third kappa shape index (κ3) is 5.70. The van der Waals surface area contributed by atoms with Crippen molar-refractivity contribution < 1.29 is 28.5 Å². The first-order valence-electron chi connectivity index (χ1n) is 14.5. The largest absolute Gasteiger partial charge is 0.497 e. The van der Waals surface area contributed by atoms with E-state index in [4.69, 9.17) is 18.9 Å². The molecule has 0 amide bonds. The highest BCUT2D eigenvalue weighted by Crippen LogP contribution is 2.40. The molecule has 0 N–H and O–H groups in total. The highest BCUT2D eigenvalue weighted by molar-refractivity contribution is 7.07. The molecule has 4 aromatic carbocycles. The third-order valence-corrected chi connectivity index (χ3v) is 8.64. The Bertz CT molecular complexity index is 2180. The molecule has 1 aromatic heterocycles. The van der Waals surface area contributed by atoms with Gasteiger partial charge in [0.15, 0.2) is 4.80 Å². The van der Waals surface area contributed by atoms with E-state index in [0.717, 1.165) is 16.3 Å². The minimum atomic E-state index is -0.835. The molecule has 1 aliphatic rings. The molecule has 6 rings (SSSR count). The molecule has 2 heterocycles. The number of hydrogen-bond acceptors (Lipinski definition) is 9. The minimum Gasteiger partial charge on any atom is -0.497 e. The molecule has 0 fully saturated rings. The summed E-state index contributed by atoms with van der Waals surface area (Å²) in [5.41, 5.74) is 2.21. The van der Waals surface area contributed by atoms with E-state index in [1.54, 1.807) is 87.2 Å². The number of hydrogen-bond donors (Lipinski definition) is 0. The number of esters is 2. The van der Waals surface area contributed by atoms with Crippen molar-refractivity contribution >= 4 is 40.1 Å². The van der Waals surface area contributed by atoms with Crippen LogP contribution in [0.25, 0.3) is 16.8 Å². The molecule has 0 spiro atoms. The summed E-state index contributed by atoms with van der Waals surface area (Å²) >= 11 is 1.23. The summed E-state index contributed by atoms with van der Waals surface area (Å²) < 4.78 is 23.9.